The van der Waals surface area contributed by atoms with Crippen LogP contribution < -0.4 is 14.4 Å². The summed E-state index contributed by atoms with van der Waals surface area (Å²) in [5, 5.41) is 14.4. The second-order valence-electron chi connectivity index (χ2n) is 6.60. The lowest BCUT2D eigenvalue weighted by molar-refractivity contribution is 0.0125. The molecule has 0 aliphatic heterocycles. The van der Waals surface area contributed by atoms with Gasteiger partial charge in [0.05, 0.1) is 5.69 Å². The van der Waals surface area contributed by atoms with Gasteiger partial charge in [-0.1, -0.05) is 23.7 Å². The van der Waals surface area contributed by atoms with Crippen molar-refractivity contribution in [1.29, 1.82) is 0 Å². The molecule has 0 fully saturated rings. The Kier molecular flexibility index (Phi) is 7.91. The molecule has 0 amide bonds. The molecular formula is C19H25ClN2O4S. The number of thiol groups is 1. The number of nitrogens with one attached hydrogen (secondary N) is 1. The van der Waals surface area contributed by atoms with E-state index in [9.17, 15) is 13.5 Å². The molecular weight excluding hydrogens is 388 g/mol. The van der Waals surface area contributed by atoms with Gasteiger partial charge in [-0.15, -0.1) is 0 Å². The molecule has 2 rings (SSSR count). The maximum Gasteiger partial charge on any atom is 0.224 e. The molecule has 0 bridgehead atoms. The van der Waals surface area contributed by atoms with Crippen molar-refractivity contribution in [3.63, 3.8) is 0 Å². The van der Waals surface area contributed by atoms with Crippen molar-refractivity contribution in [2.45, 2.75) is 18.9 Å². The SMILES string of the molecule is CN(c1ccc(OC[C@](C)(O)CNCCc2cccc(Cl)c2)cc1)[SH](=O)=O. The Morgan fingerprint density at radius 2 is 1.93 bits per heavy atom. The zero-order chi connectivity index (χ0) is 19.9. The Hall–Kier alpha value is -1.80. The smallest absolute Gasteiger partial charge is 0.224 e. The molecule has 8 heteroatoms. The van der Waals surface area contributed by atoms with Gasteiger partial charge in [-0.25, -0.2) is 8.42 Å². The average molecular weight is 413 g/mol. The van der Waals surface area contributed by atoms with Gasteiger partial charge in [0.1, 0.15) is 18.0 Å². The van der Waals surface area contributed by atoms with Gasteiger partial charge < -0.3 is 15.2 Å². The van der Waals surface area contributed by atoms with Crippen molar-refractivity contribution in [3.8, 4) is 5.75 Å². The summed E-state index contributed by atoms with van der Waals surface area (Å²) < 4.78 is 28.7. The minimum Gasteiger partial charge on any atom is -0.491 e. The average Bonchev–Trinajstić information content (AvgIpc) is 2.63. The van der Waals surface area contributed by atoms with E-state index < -0.39 is 16.5 Å². The molecule has 0 spiro atoms. The lowest BCUT2D eigenvalue weighted by Crippen LogP contribution is -2.43. The maximum atomic E-state index is 11.0. The first kappa shape index (κ1) is 21.5. The monoisotopic (exact) mass is 412 g/mol. The fourth-order valence-electron chi connectivity index (χ4n) is 2.43. The van der Waals surface area contributed by atoms with E-state index in [1.807, 2.05) is 24.3 Å². The number of halogens is 1. The van der Waals surface area contributed by atoms with Gasteiger partial charge in [0.2, 0.25) is 10.9 Å². The predicted molar refractivity (Wildman–Crippen MR) is 109 cm³/mol. The topological polar surface area (TPSA) is 78.9 Å². The molecule has 0 unspecified atom stereocenters. The molecule has 27 heavy (non-hydrogen) atoms. The van der Waals surface area contributed by atoms with Crippen LogP contribution in [0.25, 0.3) is 0 Å². The van der Waals surface area contributed by atoms with Crippen molar-refractivity contribution in [3.05, 3.63) is 59.1 Å². The van der Waals surface area contributed by atoms with Crippen molar-refractivity contribution < 1.29 is 18.3 Å². The van der Waals surface area contributed by atoms with Crippen LogP contribution in [0, 0.1) is 0 Å². The molecule has 2 aromatic carbocycles. The van der Waals surface area contributed by atoms with E-state index in [-0.39, 0.29) is 6.61 Å². The highest BCUT2D eigenvalue weighted by Crippen LogP contribution is 2.19. The summed E-state index contributed by atoms with van der Waals surface area (Å²) in [5.74, 6) is 0.562. The third-order valence-electron chi connectivity index (χ3n) is 3.99. The number of aliphatic hydroxyl groups is 1. The Balaban J connectivity index is 1.75. The van der Waals surface area contributed by atoms with E-state index in [4.69, 9.17) is 16.3 Å². The van der Waals surface area contributed by atoms with E-state index >= 15 is 0 Å². The second kappa shape index (κ2) is 9.94. The van der Waals surface area contributed by atoms with Gasteiger partial charge in [0, 0.05) is 18.6 Å². The highest BCUT2D eigenvalue weighted by atomic mass is 35.5. The first-order valence-corrected chi connectivity index (χ1v) is 10.1. The van der Waals surface area contributed by atoms with E-state index in [0.29, 0.717) is 29.5 Å². The number of ether oxygens (including phenoxy) is 1. The van der Waals surface area contributed by atoms with Crippen LogP contribution >= 0.6 is 11.6 Å². The molecule has 2 N–H and O–H groups in total. The molecule has 0 radical (unpaired) electrons. The van der Waals surface area contributed by atoms with E-state index in [0.717, 1.165) is 16.3 Å². The molecule has 2 aromatic rings. The van der Waals surface area contributed by atoms with E-state index in [1.165, 1.54) is 7.05 Å². The minimum atomic E-state index is -2.66. The van der Waals surface area contributed by atoms with Crippen molar-refractivity contribution in [2.75, 3.05) is 31.0 Å². The summed E-state index contributed by atoms with van der Waals surface area (Å²) >= 11 is 5.96. The number of hydrogen-bond acceptors (Lipinski definition) is 5. The lowest BCUT2D eigenvalue weighted by Gasteiger charge is -2.24. The van der Waals surface area contributed by atoms with Gasteiger partial charge in [0.25, 0.3) is 0 Å². The van der Waals surface area contributed by atoms with Crippen molar-refractivity contribution in [1.82, 2.24) is 5.32 Å². The van der Waals surface area contributed by atoms with Crippen molar-refractivity contribution >= 4 is 28.2 Å². The number of rotatable bonds is 10. The number of benzene rings is 2. The van der Waals surface area contributed by atoms with Gasteiger partial charge >= 0.3 is 0 Å². The van der Waals surface area contributed by atoms with E-state index in [2.05, 4.69) is 5.32 Å². The lowest BCUT2D eigenvalue weighted by atomic mass is 10.1. The van der Waals surface area contributed by atoms with Crippen LogP contribution in [0.15, 0.2) is 48.5 Å². The molecule has 0 saturated heterocycles. The van der Waals surface area contributed by atoms with Gasteiger partial charge in [0.15, 0.2) is 0 Å². The van der Waals surface area contributed by atoms with Crippen LogP contribution in [-0.2, 0) is 17.3 Å². The molecule has 0 heterocycles. The standard InChI is InChI=1S/C19H25ClN2O4S/c1-19(23,13-21-11-10-15-4-3-5-16(20)12-15)14-26-18-8-6-17(7-9-18)22(2)27(24)25/h3-9,12,21,23,27H,10-11,13-14H2,1-2H3/t19-/m1/s1. The summed E-state index contributed by atoms with van der Waals surface area (Å²) in [6, 6.07) is 14.3. The van der Waals surface area contributed by atoms with Crippen LogP contribution in [0.5, 0.6) is 5.75 Å². The normalized spacial score (nSPS) is 13.4. The maximum absolute atomic E-state index is 11.0. The Bertz CT molecular complexity index is 802. The zero-order valence-corrected chi connectivity index (χ0v) is 17.0. The first-order chi connectivity index (χ1) is 12.8. The second-order valence-corrected chi connectivity index (χ2v) is 8.11. The van der Waals surface area contributed by atoms with E-state index in [1.54, 1.807) is 31.2 Å². The summed E-state index contributed by atoms with van der Waals surface area (Å²) in [5.41, 5.74) is 0.644. The van der Waals surface area contributed by atoms with Crippen LogP contribution in [0.1, 0.15) is 12.5 Å². The number of hydrogen-bond donors (Lipinski definition) is 3. The van der Waals surface area contributed by atoms with Crippen LogP contribution in [0.3, 0.4) is 0 Å². The number of anilines is 1. The van der Waals surface area contributed by atoms with Gasteiger partial charge in [-0.05, 0) is 61.9 Å². The van der Waals surface area contributed by atoms with Crippen LogP contribution in [0.4, 0.5) is 5.69 Å². The molecule has 1 atom stereocenters. The molecule has 6 nitrogen and oxygen atoms in total. The third kappa shape index (κ3) is 7.38. The van der Waals surface area contributed by atoms with Crippen LogP contribution in [-0.4, -0.2) is 45.9 Å². The third-order valence-corrected chi connectivity index (χ3v) is 4.95. The summed E-state index contributed by atoms with van der Waals surface area (Å²) in [4.78, 5) is 0. The highest BCUT2D eigenvalue weighted by molar-refractivity contribution is 7.74. The van der Waals surface area contributed by atoms with Gasteiger partial charge in [-0.2, -0.15) is 0 Å². The summed E-state index contributed by atoms with van der Waals surface area (Å²) in [6.45, 7) is 2.90. The number of nitrogens with zero attached hydrogens (tertiary/aromatic N) is 1. The largest absolute Gasteiger partial charge is 0.491 e. The molecule has 148 valence electrons. The summed E-state index contributed by atoms with van der Waals surface area (Å²) in [6.07, 6.45) is 0.814. The van der Waals surface area contributed by atoms with Crippen LogP contribution in [0.2, 0.25) is 5.02 Å². The first-order valence-electron chi connectivity index (χ1n) is 8.55. The quantitative estimate of drug-likeness (QED) is 0.412. The molecule has 0 aliphatic rings. The molecule has 0 aliphatic carbocycles. The highest BCUT2D eigenvalue weighted by Gasteiger charge is 2.21. The Morgan fingerprint density at radius 3 is 2.56 bits per heavy atom. The summed E-state index contributed by atoms with van der Waals surface area (Å²) in [7, 11) is -1.19. The Morgan fingerprint density at radius 1 is 1.22 bits per heavy atom. The zero-order valence-electron chi connectivity index (χ0n) is 15.4. The molecule has 0 saturated carbocycles. The fraction of sp³-hybridized carbons (Fsp3) is 0.368. The fourth-order valence-corrected chi connectivity index (χ4v) is 2.96. The Labute approximate surface area is 166 Å². The van der Waals surface area contributed by atoms with Crippen molar-refractivity contribution in [2.24, 2.45) is 0 Å². The minimum absolute atomic E-state index is 0.113. The molecule has 0 aromatic heterocycles. The van der Waals surface area contributed by atoms with Gasteiger partial charge in [-0.3, -0.25) is 4.31 Å². The predicted octanol–water partition coefficient (Wildman–Crippen LogP) is 2.26.